The molecule has 6 rings (SSSR count). The SMILES string of the molecule is C=C(Cc1ccc(OC)cc1)c1ccc2c(C(O)(c3ccc4c(cnn4-c4ccc(F)cc4)c3)C(F)(F)F)c[nH]c2c1. The van der Waals surface area contributed by atoms with Gasteiger partial charge < -0.3 is 14.8 Å². The predicted octanol–water partition coefficient (Wildman–Crippen LogP) is 7.71. The molecule has 0 saturated carbocycles. The maximum atomic E-state index is 14.7. The van der Waals surface area contributed by atoms with Gasteiger partial charge in [-0.1, -0.05) is 36.9 Å². The second-order valence-corrected chi connectivity index (χ2v) is 10.1. The highest BCUT2D eigenvalue weighted by molar-refractivity contribution is 5.89. The molecule has 0 aliphatic heterocycles. The van der Waals surface area contributed by atoms with E-state index in [1.807, 2.05) is 24.3 Å². The van der Waals surface area contributed by atoms with E-state index in [0.717, 1.165) is 22.4 Å². The molecule has 9 heteroatoms. The summed E-state index contributed by atoms with van der Waals surface area (Å²) in [5.41, 5.74) is 0.0745. The Morgan fingerprint density at radius 3 is 2.40 bits per heavy atom. The molecular weight excluding hydrogens is 546 g/mol. The number of hydrogen-bond acceptors (Lipinski definition) is 3. The van der Waals surface area contributed by atoms with Crippen LogP contribution in [0.3, 0.4) is 0 Å². The Balaban J connectivity index is 1.36. The van der Waals surface area contributed by atoms with Gasteiger partial charge in [0.05, 0.1) is 24.5 Å². The normalized spacial score (nSPS) is 13.4. The highest BCUT2D eigenvalue weighted by Gasteiger charge is 2.57. The quantitative estimate of drug-likeness (QED) is 0.193. The molecule has 212 valence electrons. The molecule has 0 amide bonds. The number of hydrogen-bond donors (Lipinski definition) is 2. The van der Waals surface area contributed by atoms with E-state index in [1.165, 1.54) is 59.5 Å². The molecule has 2 aromatic heterocycles. The third-order valence-electron chi connectivity index (χ3n) is 7.52. The van der Waals surface area contributed by atoms with Gasteiger partial charge in [-0.15, -0.1) is 0 Å². The predicted molar refractivity (Wildman–Crippen MR) is 154 cm³/mol. The van der Waals surface area contributed by atoms with Crippen LogP contribution in [0.4, 0.5) is 17.6 Å². The van der Waals surface area contributed by atoms with Gasteiger partial charge in [0.2, 0.25) is 5.60 Å². The van der Waals surface area contributed by atoms with Gasteiger partial charge in [0.15, 0.2) is 0 Å². The fourth-order valence-electron chi connectivity index (χ4n) is 5.26. The summed E-state index contributed by atoms with van der Waals surface area (Å²) in [6.45, 7) is 4.17. The Hall–Kier alpha value is -4.89. The van der Waals surface area contributed by atoms with E-state index in [4.69, 9.17) is 4.74 Å². The first-order valence-corrected chi connectivity index (χ1v) is 13.0. The van der Waals surface area contributed by atoms with Crippen LogP contribution in [0, 0.1) is 5.82 Å². The van der Waals surface area contributed by atoms with Crippen LogP contribution in [0.1, 0.15) is 22.3 Å². The average molecular weight is 572 g/mol. The van der Waals surface area contributed by atoms with Crippen molar-refractivity contribution in [2.24, 2.45) is 0 Å². The van der Waals surface area contributed by atoms with Gasteiger partial charge in [-0.2, -0.15) is 18.3 Å². The lowest BCUT2D eigenvalue weighted by atomic mass is 9.84. The summed E-state index contributed by atoms with van der Waals surface area (Å²) in [4.78, 5) is 2.91. The minimum atomic E-state index is -5.04. The van der Waals surface area contributed by atoms with E-state index in [1.54, 1.807) is 25.3 Å². The van der Waals surface area contributed by atoms with Crippen LogP contribution in [0.25, 0.3) is 33.1 Å². The molecule has 0 fully saturated rings. The number of halogens is 4. The van der Waals surface area contributed by atoms with Crippen molar-refractivity contribution in [2.45, 2.75) is 18.2 Å². The number of nitrogens with one attached hydrogen (secondary N) is 1. The van der Waals surface area contributed by atoms with E-state index >= 15 is 0 Å². The number of aliphatic hydroxyl groups is 1. The molecule has 0 saturated heterocycles. The summed E-state index contributed by atoms with van der Waals surface area (Å²) >= 11 is 0. The molecule has 2 N–H and O–H groups in total. The number of H-pyrrole nitrogens is 1. The van der Waals surface area contributed by atoms with Gasteiger partial charge in [0, 0.05) is 28.0 Å². The molecule has 42 heavy (non-hydrogen) atoms. The van der Waals surface area contributed by atoms with Crippen LogP contribution in [-0.2, 0) is 12.0 Å². The number of nitrogens with zero attached hydrogens (tertiary/aromatic N) is 2. The molecule has 0 radical (unpaired) electrons. The first kappa shape index (κ1) is 27.3. The van der Waals surface area contributed by atoms with E-state index in [0.29, 0.717) is 28.5 Å². The smallest absolute Gasteiger partial charge is 0.425 e. The lowest BCUT2D eigenvalue weighted by molar-refractivity contribution is -0.247. The molecule has 0 aliphatic carbocycles. The van der Waals surface area contributed by atoms with Crippen molar-refractivity contribution >= 4 is 27.4 Å². The highest BCUT2D eigenvalue weighted by atomic mass is 19.4. The van der Waals surface area contributed by atoms with Crippen LogP contribution in [-0.4, -0.2) is 33.2 Å². The largest absolute Gasteiger partial charge is 0.497 e. The molecular formula is C33H25F4N3O2. The van der Waals surface area contributed by atoms with E-state index in [-0.39, 0.29) is 16.5 Å². The zero-order chi connectivity index (χ0) is 29.6. The van der Waals surface area contributed by atoms with Gasteiger partial charge in [-0.05, 0) is 83.3 Å². The van der Waals surface area contributed by atoms with Crippen LogP contribution >= 0.6 is 0 Å². The Morgan fingerprint density at radius 2 is 1.71 bits per heavy atom. The first-order valence-electron chi connectivity index (χ1n) is 13.0. The molecule has 0 aliphatic rings. The number of aromatic nitrogens is 3. The van der Waals surface area contributed by atoms with Gasteiger partial charge in [-0.25, -0.2) is 9.07 Å². The molecule has 1 atom stereocenters. The zero-order valence-electron chi connectivity index (χ0n) is 22.4. The summed E-state index contributed by atoms with van der Waals surface area (Å²) in [7, 11) is 1.59. The Labute approximate surface area is 238 Å². The van der Waals surface area contributed by atoms with Crippen LogP contribution in [0.5, 0.6) is 5.75 Å². The second kappa shape index (κ2) is 10.2. The van der Waals surface area contributed by atoms with Crippen LogP contribution < -0.4 is 4.74 Å². The van der Waals surface area contributed by atoms with Gasteiger partial charge in [0.25, 0.3) is 0 Å². The second-order valence-electron chi connectivity index (χ2n) is 10.1. The monoisotopic (exact) mass is 571 g/mol. The standard InChI is InChI=1S/C33H25F4N3O2/c1-20(15-21-3-11-27(42-2)12-4-21)22-5-13-28-29(19-38-30(28)17-22)32(41,33(35,36)37)24-6-14-31-23(16-24)18-39-40(31)26-9-7-25(34)8-10-26/h3-14,16-19,38,41H,1,15H2,2H3. The van der Waals surface area contributed by atoms with Crippen molar-refractivity contribution < 1.29 is 27.4 Å². The van der Waals surface area contributed by atoms with E-state index < -0.39 is 17.6 Å². The third kappa shape index (κ3) is 4.61. The fourth-order valence-corrected chi connectivity index (χ4v) is 5.26. The van der Waals surface area contributed by atoms with Crippen LogP contribution in [0.15, 0.2) is 104 Å². The maximum absolute atomic E-state index is 14.7. The average Bonchev–Trinajstić information content (AvgIpc) is 3.61. The molecule has 4 aromatic carbocycles. The van der Waals surface area contributed by atoms with Gasteiger partial charge in [-0.3, -0.25) is 0 Å². The van der Waals surface area contributed by atoms with Crippen LogP contribution in [0.2, 0.25) is 0 Å². The number of ether oxygens (including phenoxy) is 1. The molecule has 0 spiro atoms. The zero-order valence-corrected chi connectivity index (χ0v) is 22.4. The van der Waals surface area contributed by atoms with Crippen molar-refractivity contribution in [3.8, 4) is 11.4 Å². The van der Waals surface area contributed by atoms with Crippen molar-refractivity contribution in [2.75, 3.05) is 7.11 Å². The first-order chi connectivity index (χ1) is 20.1. The molecule has 5 nitrogen and oxygen atoms in total. The Bertz CT molecular complexity index is 1920. The molecule has 6 aromatic rings. The maximum Gasteiger partial charge on any atom is 0.425 e. The number of aromatic amines is 1. The van der Waals surface area contributed by atoms with E-state index in [9.17, 15) is 22.7 Å². The van der Waals surface area contributed by atoms with E-state index in [2.05, 4.69) is 16.7 Å². The minimum Gasteiger partial charge on any atom is -0.497 e. The number of methoxy groups -OCH3 is 1. The van der Waals surface area contributed by atoms with Gasteiger partial charge in [0.1, 0.15) is 11.6 Å². The topological polar surface area (TPSA) is 63.1 Å². The molecule has 1 unspecified atom stereocenters. The Kier molecular flexibility index (Phi) is 6.62. The highest BCUT2D eigenvalue weighted by Crippen LogP contribution is 2.47. The van der Waals surface area contributed by atoms with Crippen molar-refractivity contribution in [3.05, 3.63) is 132 Å². The number of allylic oxidation sites excluding steroid dienone is 1. The summed E-state index contributed by atoms with van der Waals surface area (Å²) in [5.74, 6) is 0.322. The number of fused-ring (bicyclic) bond motifs is 2. The van der Waals surface area contributed by atoms with Crippen molar-refractivity contribution in [1.82, 2.24) is 14.8 Å². The third-order valence-corrected chi connectivity index (χ3v) is 7.52. The van der Waals surface area contributed by atoms with Gasteiger partial charge >= 0.3 is 6.18 Å². The summed E-state index contributed by atoms with van der Waals surface area (Å²) in [6.07, 6.45) is -1.89. The lowest BCUT2D eigenvalue weighted by Crippen LogP contribution is -2.43. The number of alkyl halides is 3. The number of rotatable bonds is 7. The Morgan fingerprint density at radius 1 is 0.976 bits per heavy atom. The fraction of sp³-hybridized carbons (Fsp3) is 0.121. The molecule has 2 heterocycles. The summed E-state index contributed by atoms with van der Waals surface area (Å²) in [5, 5.41) is 16.4. The number of benzene rings is 4. The van der Waals surface area contributed by atoms with Crippen molar-refractivity contribution in [3.63, 3.8) is 0 Å². The summed E-state index contributed by atoms with van der Waals surface area (Å²) < 4.78 is 64.3. The summed E-state index contributed by atoms with van der Waals surface area (Å²) in [6, 6.07) is 22.1. The van der Waals surface area contributed by atoms with Crippen molar-refractivity contribution in [1.29, 1.82) is 0 Å². The minimum absolute atomic E-state index is 0.234. The molecule has 0 bridgehead atoms. The lowest BCUT2D eigenvalue weighted by Gasteiger charge is -2.31.